The minimum atomic E-state index is -0.406. The van der Waals surface area contributed by atoms with Gasteiger partial charge in [0.1, 0.15) is 5.78 Å². The Morgan fingerprint density at radius 3 is 2.58 bits per heavy atom. The monoisotopic (exact) mass is 170 g/mol. The van der Waals surface area contributed by atoms with Crippen molar-refractivity contribution in [3.05, 3.63) is 4.91 Å². The van der Waals surface area contributed by atoms with Crippen LogP contribution in [0.4, 0.5) is 0 Å². The predicted molar refractivity (Wildman–Crippen MR) is 45.4 cm³/mol. The number of piperidine rings is 1. The maximum absolute atomic E-state index is 11.2. The van der Waals surface area contributed by atoms with E-state index in [1.54, 1.807) is 0 Å². The average molecular weight is 170 g/mol. The van der Waals surface area contributed by atoms with Gasteiger partial charge < -0.3 is 0 Å². The van der Waals surface area contributed by atoms with Gasteiger partial charge in [0.2, 0.25) is 0 Å². The van der Waals surface area contributed by atoms with Gasteiger partial charge in [-0.2, -0.15) is 0 Å². The van der Waals surface area contributed by atoms with E-state index in [0.717, 1.165) is 0 Å². The molecular weight excluding hydrogens is 156 g/mol. The van der Waals surface area contributed by atoms with Crippen molar-refractivity contribution in [2.75, 3.05) is 0 Å². The van der Waals surface area contributed by atoms with Gasteiger partial charge in [0.15, 0.2) is 0 Å². The zero-order valence-corrected chi connectivity index (χ0v) is 7.70. The number of rotatable bonds is 1. The molecule has 1 rings (SSSR count). The molecule has 0 aliphatic carbocycles. The molecule has 0 bridgehead atoms. The van der Waals surface area contributed by atoms with Crippen LogP contribution in [0, 0.1) is 4.91 Å². The van der Waals surface area contributed by atoms with Crippen molar-refractivity contribution in [2.24, 2.45) is 5.29 Å². The Morgan fingerprint density at radius 2 is 2.17 bits per heavy atom. The van der Waals surface area contributed by atoms with Crippen LogP contribution in [-0.4, -0.2) is 22.4 Å². The second-order valence-electron chi connectivity index (χ2n) is 4.01. The van der Waals surface area contributed by atoms with Crippen LogP contribution in [0.3, 0.4) is 0 Å². The molecule has 1 fully saturated rings. The number of hydrogen-bond donors (Lipinski definition) is 0. The first-order chi connectivity index (χ1) is 5.47. The van der Waals surface area contributed by atoms with Crippen LogP contribution in [-0.2, 0) is 4.79 Å². The Bertz CT molecular complexity index is 213. The fourth-order valence-corrected chi connectivity index (χ4v) is 1.84. The number of nitroso groups, excluding NO2 is 1. The summed E-state index contributed by atoms with van der Waals surface area (Å²) < 4.78 is 0. The number of Topliss-reactive ketones (excluding diaryl/α,β-unsaturated/α-hetero) is 1. The normalized spacial score (nSPS) is 28.8. The molecule has 0 N–H and O–H groups in total. The second-order valence-corrected chi connectivity index (χ2v) is 4.01. The first kappa shape index (κ1) is 9.16. The van der Waals surface area contributed by atoms with E-state index in [4.69, 9.17) is 0 Å². The van der Waals surface area contributed by atoms with E-state index in [-0.39, 0.29) is 11.8 Å². The van der Waals surface area contributed by atoms with Gasteiger partial charge >= 0.3 is 0 Å². The van der Waals surface area contributed by atoms with Crippen molar-refractivity contribution in [3.63, 3.8) is 0 Å². The van der Waals surface area contributed by atoms with Gasteiger partial charge in [-0.25, -0.2) is 0 Å². The number of ketones is 1. The fourth-order valence-electron chi connectivity index (χ4n) is 1.84. The highest BCUT2D eigenvalue weighted by molar-refractivity contribution is 5.81. The highest BCUT2D eigenvalue weighted by Gasteiger charge is 2.38. The number of hydrogen-bond acceptors (Lipinski definition) is 3. The fraction of sp³-hybridized carbons (Fsp3) is 0.875. The van der Waals surface area contributed by atoms with Crippen molar-refractivity contribution in [3.8, 4) is 0 Å². The molecule has 1 aliphatic heterocycles. The molecule has 68 valence electrons. The van der Waals surface area contributed by atoms with E-state index in [1.165, 1.54) is 5.01 Å². The third-order valence-corrected chi connectivity index (χ3v) is 2.28. The van der Waals surface area contributed by atoms with Crippen LogP contribution in [0.25, 0.3) is 0 Å². The lowest BCUT2D eigenvalue weighted by atomic mass is 9.88. The predicted octanol–water partition coefficient (Wildman–Crippen LogP) is 1.50. The van der Waals surface area contributed by atoms with E-state index in [2.05, 4.69) is 5.29 Å². The molecule has 4 nitrogen and oxygen atoms in total. The lowest BCUT2D eigenvalue weighted by Gasteiger charge is -2.41. The number of carbonyl (C=O) groups excluding carboxylic acids is 1. The average Bonchev–Trinajstić information content (AvgIpc) is 1.82. The van der Waals surface area contributed by atoms with E-state index >= 15 is 0 Å². The van der Waals surface area contributed by atoms with Gasteiger partial charge in [-0.1, -0.05) is 0 Å². The standard InChI is InChI=1S/C8H14N2O2/c1-6-4-7(11)5-8(2,3)10(6)9-12/h6H,4-5H2,1-3H3. The van der Waals surface area contributed by atoms with Gasteiger partial charge in [0, 0.05) is 12.8 Å². The van der Waals surface area contributed by atoms with Crippen LogP contribution >= 0.6 is 0 Å². The highest BCUT2D eigenvalue weighted by atomic mass is 16.3. The number of carbonyl (C=O) groups is 1. The Kier molecular flexibility index (Phi) is 2.17. The van der Waals surface area contributed by atoms with Crippen LogP contribution < -0.4 is 0 Å². The Morgan fingerprint density at radius 1 is 1.58 bits per heavy atom. The Hall–Kier alpha value is -0.930. The van der Waals surface area contributed by atoms with Gasteiger partial charge in [0.05, 0.1) is 16.9 Å². The molecule has 1 atom stereocenters. The lowest BCUT2D eigenvalue weighted by molar-refractivity contribution is -0.128. The number of nitrogens with zero attached hydrogens (tertiary/aromatic N) is 2. The minimum Gasteiger partial charge on any atom is -0.300 e. The summed E-state index contributed by atoms with van der Waals surface area (Å²) in [6.07, 6.45) is 0.859. The molecule has 0 saturated carbocycles. The summed E-state index contributed by atoms with van der Waals surface area (Å²) in [4.78, 5) is 21.6. The zero-order chi connectivity index (χ0) is 9.35. The molecule has 0 amide bonds. The van der Waals surface area contributed by atoms with Crippen molar-refractivity contribution in [1.82, 2.24) is 5.01 Å². The van der Waals surface area contributed by atoms with Gasteiger partial charge in [-0.3, -0.25) is 9.80 Å². The topological polar surface area (TPSA) is 49.7 Å². The molecule has 1 unspecified atom stereocenters. The maximum Gasteiger partial charge on any atom is 0.137 e. The van der Waals surface area contributed by atoms with Crippen LogP contribution in [0.15, 0.2) is 5.29 Å². The van der Waals surface area contributed by atoms with Crippen LogP contribution in [0.5, 0.6) is 0 Å². The summed E-state index contributed by atoms with van der Waals surface area (Å²) in [5.41, 5.74) is -0.406. The van der Waals surface area contributed by atoms with Crippen molar-refractivity contribution >= 4 is 5.78 Å². The quantitative estimate of drug-likeness (QED) is 0.560. The van der Waals surface area contributed by atoms with Crippen molar-refractivity contribution in [1.29, 1.82) is 0 Å². The summed E-state index contributed by atoms with van der Waals surface area (Å²) in [6, 6.07) is -0.0567. The van der Waals surface area contributed by atoms with Crippen LogP contribution in [0.2, 0.25) is 0 Å². The largest absolute Gasteiger partial charge is 0.300 e. The zero-order valence-electron chi connectivity index (χ0n) is 7.70. The lowest BCUT2D eigenvalue weighted by Crippen LogP contribution is -2.51. The third-order valence-electron chi connectivity index (χ3n) is 2.28. The molecule has 1 heterocycles. The molecule has 1 saturated heterocycles. The summed E-state index contributed by atoms with van der Waals surface area (Å²) in [5, 5.41) is 4.43. The van der Waals surface area contributed by atoms with Crippen molar-refractivity contribution in [2.45, 2.75) is 45.2 Å². The maximum atomic E-state index is 11.2. The van der Waals surface area contributed by atoms with Gasteiger partial charge in [-0.15, -0.1) is 4.91 Å². The molecule has 1 aliphatic rings. The van der Waals surface area contributed by atoms with Gasteiger partial charge in [0.25, 0.3) is 0 Å². The van der Waals surface area contributed by atoms with E-state index < -0.39 is 5.54 Å². The first-order valence-electron chi connectivity index (χ1n) is 4.11. The molecule has 12 heavy (non-hydrogen) atoms. The second kappa shape index (κ2) is 2.84. The SMILES string of the molecule is CC1CC(=O)CC(C)(C)N1N=O. The van der Waals surface area contributed by atoms with Gasteiger partial charge in [-0.05, 0) is 20.8 Å². The molecule has 0 aromatic carbocycles. The molecule has 4 heteroatoms. The summed E-state index contributed by atoms with van der Waals surface area (Å²) in [5.74, 6) is 0.215. The molecule has 0 aromatic rings. The van der Waals surface area contributed by atoms with Crippen molar-refractivity contribution < 1.29 is 4.79 Å². The molecular formula is C8H14N2O2. The summed E-state index contributed by atoms with van der Waals surface area (Å²) >= 11 is 0. The van der Waals surface area contributed by atoms with E-state index in [0.29, 0.717) is 12.8 Å². The Labute approximate surface area is 71.9 Å². The highest BCUT2D eigenvalue weighted by Crippen LogP contribution is 2.29. The van der Waals surface area contributed by atoms with E-state index in [1.807, 2.05) is 20.8 Å². The first-order valence-corrected chi connectivity index (χ1v) is 4.11. The van der Waals surface area contributed by atoms with E-state index in [9.17, 15) is 9.70 Å². The molecule has 0 radical (unpaired) electrons. The Balaban J connectivity index is 2.84. The molecule has 0 aromatic heterocycles. The van der Waals surface area contributed by atoms with Crippen LogP contribution in [0.1, 0.15) is 33.6 Å². The summed E-state index contributed by atoms with van der Waals surface area (Å²) in [6.45, 7) is 5.57. The smallest absolute Gasteiger partial charge is 0.137 e. The minimum absolute atomic E-state index is 0.0567. The summed E-state index contributed by atoms with van der Waals surface area (Å²) in [7, 11) is 0. The third kappa shape index (κ3) is 1.47. The molecule has 0 spiro atoms.